The molecule has 5 rings (SSSR count). The number of aliphatic imine (C=N–C) groups is 1. The number of piperidine rings is 1. The van der Waals surface area contributed by atoms with Crippen molar-refractivity contribution in [1.82, 2.24) is 20.1 Å². The number of piperazine rings is 1. The molecule has 0 spiro atoms. The molecule has 7 nitrogen and oxygen atoms in total. The predicted octanol–water partition coefficient (Wildman–Crippen LogP) is 3.77. The van der Waals surface area contributed by atoms with Crippen molar-refractivity contribution in [3.63, 3.8) is 0 Å². The Balaban J connectivity index is 1.13. The van der Waals surface area contributed by atoms with E-state index < -0.39 is 5.60 Å². The molecule has 4 heterocycles. The van der Waals surface area contributed by atoms with Crippen molar-refractivity contribution < 1.29 is 5.11 Å². The van der Waals surface area contributed by atoms with Crippen molar-refractivity contribution >= 4 is 23.3 Å². The summed E-state index contributed by atoms with van der Waals surface area (Å²) < 4.78 is 0. The molecule has 0 radical (unpaired) electrons. The minimum Gasteiger partial charge on any atom is -0.378 e. The monoisotopic (exact) mass is 548 g/mol. The highest BCUT2D eigenvalue weighted by Gasteiger charge is 2.34. The lowest BCUT2D eigenvalue weighted by Crippen LogP contribution is -2.58. The van der Waals surface area contributed by atoms with Crippen LogP contribution in [-0.4, -0.2) is 89.2 Å². The van der Waals surface area contributed by atoms with Crippen LogP contribution >= 0.6 is 11.6 Å². The average Bonchev–Trinajstić information content (AvgIpc) is 3.48. The highest BCUT2D eigenvalue weighted by molar-refractivity contribution is 6.33. The molecule has 0 bridgehead atoms. The Morgan fingerprint density at radius 2 is 1.90 bits per heavy atom. The number of nitrogens with one attached hydrogen (secondary N) is 1. The number of likely N-dealkylation sites (tertiary alicyclic amines) is 1. The number of anilines is 1. The zero-order chi connectivity index (χ0) is 27.4. The van der Waals surface area contributed by atoms with Gasteiger partial charge in [0.2, 0.25) is 0 Å². The molecule has 2 fully saturated rings. The Kier molecular flexibility index (Phi) is 8.78. The Bertz CT molecular complexity index is 1220. The molecular formula is C31H41ClN6O. The maximum atomic E-state index is 9.82. The summed E-state index contributed by atoms with van der Waals surface area (Å²) in [4.78, 5) is 16.9. The first-order valence-electron chi connectivity index (χ1n) is 14.3. The molecule has 0 aliphatic carbocycles. The number of amidine groups is 1. The maximum Gasteiger partial charge on any atom is 0.147 e. The van der Waals surface area contributed by atoms with Crippen molar-refractivity contribution in [2.45, 2.75) is 64.3 Å². The third-order valence-electron chi connectivity index (χ3n) is 7.97. The molecular weight excluding hydrogens is 508 g/mol. The molecule has 208 valence electrons. The third kappa shape index (κ3) is 7.12. The van der Waals surface area contributed by atoms with E-state index in [0.29, 0.717) is 17.1 Å². The van der Waals surface area contributed by atoms with Gasteiger partial charge in [-0.15, -0.1) is 0 Å². The first kappa shape index (κ1) is 27.9. The van der Waals surface area contributed by atoms with E-state index in [9.17, 15) is 5.11 Å². The summed E-state index contributed by atoms with van der Waals surface area (Å²) in [6.07, 6.45) is 5.43. The van der Waals surface area contributed by atoms with Gasteiger partial charge in [0, 0.05) is 62.1 Å². The zero-order valence-corrected chi connectivity index (χ0v) is 24.2. The summed E-state index contributed by atoms with van der Waals surface area (Å²) in [6.45, 7) is 13.6. The fraction of sp³-hybridized carbons (Fsp3) is 0.548. The van der Waals surface area contributed by atoms with Crippen molar-refractivity contribution in [2.24, 2.45) is 4.99 Å². The van der Waals surface area contributed by atoms with E-state index in [-0.39, 0.29) is 0 Å². The number of rotatable bonds is 6. The number of benzene rings is 1. The predicted molar refractivity (Wildman–Crippen MR) is 160 cm³/mol. The Morgan fingerprint density at radius 3 is 2.54 bits per heavy atom. The minimum absolute atomic E-state index is 0.506. The summed E-state index contributed by atoms with van der Waals surface area (Å²) in [7, 11) is 0. The van der Waals surface area contributed by atoms with Gasteiger partial charge in [-0.1, -0.05) is 42.5 Å². The van der Waals surface area contributed by atoms with E-state index in [4.69, 9.17) is 16.6 Å². The Labute approximate surface area is 238 Å². The van der Waals surface area contributed by atoms with Crippen molar-refractivity contribution in [3.8, 4) is 11.8 Å². The molecule has 1 aromatic heterocycles. The van der Waals surface area contributed by atoms with Crippen LogP contribution in [0, 0.1) is 11.8 Å². The molecule has 2 aromatic rings. The lowest BCUT2D eigenvalue weighted by molar-refractivity contribution is 0.0610. The fourth-order valence-electron chi connectivity index (χ4n) is 5.88. The Hall–Kier alpha value is -2.63. The van der Waals surface area contributed by atoms with E-state index in [0.717, 1.165) is 81.6 Å². The molecule has 3 aliphatic heterocycles. The lowest BCUT2D eigenvalue weighted by Gasteiger charge is -2.47. The van der Waals surface area contributed by atoms with E-state index in [1.165, 1.54) is 18.4 Å². The van der Waals surface area contributed by atoms with Crippen molar-refractivity contribution in [1.29, 1.82) is 0 Å². The number of aliphatic hydroxyl groups is 1. The number of nitrogens with zero attached hydrogens (tertiary/aromatic N) is 5. The highest BCUT2D eigenvalue weighted by Crippen LogP contribution is 2.30. The van der Waals surface area contributed by atoms with Crippen LogP contribution in [0.3, 0.4) is 0 Å². The van der Waals surface area contributed by atoms with E-state index in [1.54, 1.807) is 13.8 Å². The second-order valence-corrected chi connectivity index (χ2v) is 11.9. The molecule has 39 heavy (non-hydrogen) atoms. The SMILES string of the molecule is CC[C@H]1CN(c2ncc(C3=NCCN3)cc2Cl)CCN1C1CCN(Cc2ccc(C#CC(C)(C)O)cc2)CC1. The van der Waals surface area contributed by atoms with Gasteiger partial charge in [-0.2, -0.15) is 0 Å². The van der Waals surface area contributed by atoms with Gasteiger partial charge >= 0.3 is 0 Å². The number of halogens is 1. The molecule has 3 aliphatic rings. The first-order chi connectivity index (χ1) is 18.8. The minimum atomic E-state index is -0.968. The van der Waals surface area contributed by atoms with Gasteiger partial charge < -0.3 is 15.3 Å². The summed E-state index contributed by atoms with van der Waals surface area (Å²) in [5, 5.41) is 13.8. The van der Waals surface area contributed by atoms with Crippen LogP contribution < -0.4 is 10.2 Å². The van der Waals surface area contributed by atoms with Crippen molar-refractivity contribution in [3.05, 3.63) is 58.2 Å². The van der Waals surface area contributed by atoms with Crippen molar-refractivity contribution in [2.75, 3.05) is 50.7 Å². The molecule has 1 atom stereocenters. The van der Waals surface area contributed by atoms with E-state index in [1.807, 2.05) is 12.3 Å². The number of hydrogen-bond acceptors (Lipinski definition) is 7. The van der Waals surface area contributed by atoms with Crippen LogP contribution in [0.5, 0.6) is 0 Å². The van der Waals surface area contributed by atoms with Crippen LogP contribution in [0.25, 0.3) is 0 Å². The van der Waals surface area contributed by atoms with Gasteiger partial charge in [-0.3, -0.25) is 14.8 Å². The number of hydrogen-bond donors (Lipinski definition) is 2. The molecule has 8 heteroatoms. The molecule has 1 aromatic carbocycles. The van der Waals surface area contributed by atoms with Crippen LogP contribution in [-0.2, 0) is 6.54 Å². The standard InChI is InChI=1S/C31H41ClN6O/c1-4-26-22-37(30-28(32)19-25(20-35-30)29-33-13-14-34-29)17-18-38(26)27-10-15-36(16-11-27)21-24-7-5-23(6-8-24)9-12-31(2,3)39/h5-8,19-20,26-27,39H,4,10-11,13-18,21-22H2,1-3H3,(H,33,34)/t26-/m0/s1. The summed E-state index contributed by atoms with van der Waals surface area (Å²) in [6, 6.07) is 11.6. The number of aromatic nitrogens is 1. The van der Waals surface area contributed by atoms with Crippen LogP contribution in [0.2, 0.25) is 5.02 Å². The fourth-order valence-corrected chi connectivity index (χ4v) is 6.16. The van der Waals surface area contributed by atoms with Crippen LogP contribution in [0.4, 0.5) is 5.82 Å². The highest BCUT2D eigenvalue weighted by atomic mass is 35.5. The van der Waals surface area contributed by atoms with Gasteiger partial charge in [0.05, 0.1) is 11.6 Å². The smallest absolute Gasteiger partial charge is 0.147 e. The lowest BCUT2D eigenvalue weighted by atomic mass is 9.97. The van der Waals surface area contributed by atoms with Gasteiger partial charge in [0.25, 0.3) is 0 Å². The largest absolute Gasteiger partial charge is 0.378 e. The van der Waals surface area contributed by atoms with Gasteiger partial charge in [-0.25, -0.2) is 4.98 Å². The second kappa shape index (κ2) is 12.3. The van der Waals surface area contributed by atoms with Crippen LogP contribution in [0.1, 0.15) is 56.7 Å². The van der Waals surface area contributed by atoms with Gasteiger partial charge in [0.15, 0.2) is 0 Å². The molecule has 0 unspecified atom stereocenters. The average molecular weight is 549 g/mol. The third-order valence-corrected chi connectivity index (χ3v) is 8.25. The topological polar surface area (TPSA) is 67.2 Å². The molecule has 2 N–H and O–H groups in total. The molecule has 0 saturated carbocycles. The summed E-state index contributed by atoms with van der Waals surface area (Å²) in [5.41, 5.74) is 2.25. The summed E-state index contributed by atoms with van der Waals surface area (Å²) in [5.74, 6) is 7.73. The maximum absolute atomic E-state index is 9.82. The zero-order valence-electron chi connectivity index (χ0n) is 23.5. The van der Waals surface area contributed by atoms with Gasteiger partial charge in [-0.05, 0) is 70.0 Å². The van der Waals surface area contributed by atoms with Gasteiger partial charge in [0.1, 0.15) is 17.3 Å². The quantitative estimate of drug-likeness (QED) is 0.536. The normalized spacial score (nSPS) is 21.3. The second-order valence-electron chi connectivity index (χ2n) is 11.4. The molecule has 2 saturated heterocycles. The number of pyridine rings is 1. The van der Waals surface area contributed by atoms with Crippen LogP contribution in [0.15, 0.2) is 41.5 Å². The molecule has 0 amide bonds. The van der Waals surface area contributed by atoms with E-state index in [2.05, 4.69) is 68.0 Å². The summed E-state index contributed by atoms with van der Waals surface area (Å²) >= 11 is 6.72. The van der Waals surface area contributed by atoms with E-state index >= 15 is 0 Å². The first-order valence-corrected chi connectivity index (χ1v) is 14.7. The Morgan fingerprint density at radius 1 is 1.13 bits per heavy atom.